The minimum atomic E-state index is -1.17. The molecule has 0 spiro atoms. The van der Waals surface area contributed by atoms with E-state index in [1.807, 2.05) is 19.9 Å². The number of carbonyl (C=O) groups excluding carboxylic acids is 3. The number of aliphatic hydroxyl groups excluding tert-OH is 1. The van der Waals surface area contributed by atoms with Crippen LogP contribution in [-0.2, 0) is 13.0 Å². The second kappa shape index (κ2) is 17.4. The molecule has 3 aromatic rings. The normalized spacial score (nSPS) is 12.3. The van der Waals surface area contributed by atoms with Crippen molar-refractivity contribution in [3.8, 4) is 5.75 Å². The molecule has 0 saturated heterocycles. The minimum Gasteiger partial charge on any atom is -0.410 e. The minimum absolute atomic E-state index is 0.0189. The number of ether oxygens (including phenoxy) is 1. The fourth-order valence-electron chi connectivity index (χ4n) is 5.01. The highest BCUT2D eigenvalue weighted by Gasteiger charge is 2.24. The predicted octanol–water partition coefficient (Wildman–Crippen LogP) is 5.09. The van der Waals surface area contributed by atoms with Crippen LogP contribution in [0, 0.1) is 18.6 Å². The van der Waals surface area contributed by atoms with Gasteiger partial charge in [-0.05, 0) is 85.3 Å². The Bertz CT molecular complexity index is 1470. The fraction of sp³-hybridized carbons (Fsp3) is 0.400. The second-order valence-corrected chi connectivity index (χ2v) is 11.5. The Hall–Kier alpha value is -4.35. The summed E-state index contributed by atoms with van der Waals surface area (Å²) < 4.78 is 33.3. The van der Waals surface area contributed by atoms with Gasteiger partial charge in [0, 0.05) is 57.5 Å². The van der Waals surface area contributed by atoms with E-state index in [-0.39, 0.29) is 30.0 Å². The molecule has 248 valence electrons. The van der Waals surface area contributed by atoms with Crippen LogP contribution in [0.2, 0.25) is 0 Å². The van der Waals surface area contributed by atoms with Crippen LogP contribution in [0.3, 0.4) is 0 Å². The van der Waals surface area contributed by atoms with Crippen LogP contribution in [0.1, 0.15) is 64.1 Å². The number of carbonyl (C=O) groups is 3. The van der Waals surface area contributed by atoms with E-state index in [0.29, 0.717) is 36.5 Å². The van der Waals surface area contributed by atoms with E-state index in [0.717, 1.165) is 36.6 Å². The number of hydrogen-bond donors (Lipinski definition) is 3. The van der Waals surface area contributed by atoms with Crippen LogP contribution in [0.25, 0.3) is 0 Å². The Balaban J connectivity index is 1.78. The van der Waals surface area contributed by atoms with Crippen molar-refractivity contribution in [3.05, 3.63) is 100 Å². The van der Waals surface area contributed by atoms with Crippen LogP contribution < -0.4 is 15.4 Å². The molecular formula is C35H44F2N4O5. The Labute approximate surface area is 269 Å². The molecule has 2 atom stereocenters. The van der Waals surface area contributed by atoms with Gasteiger partial charge in [-0.25, -0.2) is 13.6 Å². The molecule has 0 aromatic heterocycles. The van der Waals surface area contributed by atoms with Crippen molar-refractivity contribution in [2.45, 2.75) is 58.7 Å². The van der Waals surface area contributed by atoms with Gasteiger partial charge in [-0.3, -0.25) is 9.59 Å². The maximum absolute atomic E-state index is 14.0. The molecule has 0 fully saturated rings. The number of nitrogens with zero attached hydrogens (tertiary/aromatic N) is 2. The number of aryl methyl sites for hydroxylation is 1. The summed E-state index contributed by atoms with van der Waals surface area (Å²) >= 11 is 0. The summed E-state index contributed by atoms with van der Waals surface area (Å²) in [4.78, 5) is 41.8. The summed E-state index contributed by atoms with van der Waals surface area (Å²) in [6.45, 7) is 7.30. The van der Waals surface area contributed by atoms with Gasteiger partial charge < -0.3 is 30.3 Å². The third-order valence-electron chi connectivity index (χ3n) is 7.17. The molecule has 9 nitrogen and oxygen atoms in total. The Kier molecular flexibility index (Phi) is 13.6. The third kappa shape index (κ3) is 10.9. The lowest BCUT2D eigenvalue weighted by Gasteiger charge is -2.25. The predicted molar refractivity (Wildman–Crippen MR) is 173 cm³/mol. The van der Waals surface area contributed by atoms with Gasteiger partial charge in [-0.1, -0.05) is 26.0 Å². The molecule has 0 bridgehead atoms. The van der Waals surface area contributed by atoms with Crippen LogP contribution in [-0.4, -0.2) is 78.7 Å². The van der Waals surface area contributed by atoms with Gasteiger partial charge in [0.25, 0.3) is 11.8 Å². The Morgan fingerprint density at radius 1 is 0.891 bits per heavy atom. The summed E-state index contributed by atoms with van der Waals surface area (Å²) in [5, 5.41) is 17.2. The highest BCUT2D eigenvalue weighted by Crippen LogP contribution is 2.17. The van der Waals surface area contributed by atoms with Crippen LogP contribution >= 0.6 is 0 Å². The summed E-state index contributed by atoms with van der Waals surface area (Å²) in [5.74, 6) is -1.88. The fourth-order valence-corrected chi connectivity index (χ4v) is 5.01. The van der Waals surface area contributed by atoms with Gasteiger partial charge >= 0.3 is 6.09 Å². The van der Waals surface area contributed by atoms with E-state index in [2.05, 4.69) is 10.6 Å². The molecule has 3 rings (SSSR count). The van der Waals surface area contributed by atoms with Crippen molar-refractivity contribution in [1.29, 1.82) is 0 Å². The number of nitrogens with one attached hydrogen (secondary N) is 2. The molecule has 0 radical (unpaired) electrons. The molecule has 0 saturated carbocycles. The molecule has 0 aliphatic heterocycles. The van der Waals surface area contributed by atoms with Gasteiger partial charge in [0.05, 0.1) is 12.1 Å². The number of hydrogen-bond acceptors (Lipinski definition) is 6. The molecule has 0 aliphatic rings. The van der Waals surface area contributed by atoms with Crippen molar-refractivity contribution >= 4 is 17.9 Å². The maximum atomic E-state index is 14.0. The largest absolute Gasteiger partial charge is 0.414 e. The molecule has 3 amide bonds. The number of halogens is 2. The summed E-state index contributed by atoms with van der Waals surface area (Å²) in [7, 11) is 3.16. The lowest BCUT2D eigenvalue weighted by atomic mass is 9.99. The first-order valence-corrected chi connectivity index (χ1v) is 15.4. The highest BCUT2D eigenvalue weighted by atomic mass is 19.1. The number of rotatable bonds is 15. The van der Waals surface area contributed by atoms with Crippen LogP contribution in [0.5, 0.6) is 5.75 Å². The number of benzene rings is 3. The summed E-state index contributed by atoms with van der Waals surface area (Å²) in [6.07, 6.45) is -0.140. The van der Waals surface area contributed by atoms with Gasteiger partial charge in [0.2, 0.25) is 0 Å². The zero-order chi connectivity index (χ0) is 33.8. The summed E-state index contributed by atoms with van der Waals surface area (Å²) in [6, 6.07) is 13.9. The van der Waals surface area contributed by atoms with Crippen molar-refractivity contribution in [1.82, 2.24) is 20.4 Å². The Morgan fingerprint density at radius 2 is 1.54 bits per heavy atom. The van der Waals surface area contributed by atoms with Crippen molar-refractivity contribution in [3.63, 3.8) is 0 Å². The van der Waals surface area contributed by atoms with E-state index < -0.39 is 35.8 Å². The first kappa shape index (κ1) is 36.1. The smallest absolute Gasteiger partial charge is 0.410 e. The van der Waals surface area contributed by atoms with Crippen molar-refractivity contribution in [2.24, 2.45) is 0 Å². The van der Waals surface area contributed by atoms with Crippen molar-refractivity contribution in [2.75, 3.05) is 33.7 Å². The quantitative estimate of drug-likeness (QED) is 0.214. The van der Waals surface area contributed by atoms with Gasteiger partial charge in [-0.2, -0.15) is 0 Å². The van der Waals surface area contributed by atoms with E-state index >= 15 is 0 Å². The average molecular weight is 639 g/mol. The standard InChI is InChI=1S/C35H44F2N4O5/c1-6-11-41(12-7-2)34(44)27-14-23(3)13-26(19-27)33(43)39-31(18-25-15-28(36)20-29(37)16-25)32(42)22-38-21-24-9-8-10-30(17-24)46-35(45)40(4)5/h8-10,13-17,19-20,31-32,38,42H,6-7,11-12,18,21-22H2,1-5H3,(H,39,43)/t31-,32+/m0/s1. The molecule has 0 aliphatic carbocycles. The molecule has 0 unspecified atom stereocenters. The van der Waals surface area contributed by atoms with Gasteiger partial charge in [0.15, 0.2) is 0 Å². The molecule has 3 N–H and O–H groups in total. The molecule has 0 heterocycles. The third-order valence-corrected chi connectivity index (χ3v) is 7.17. The zero-order valence-corrected chi connectivity index (χ0v) is 27.1. The molecular weight excluding hydrogens is 594 g/mol. The topological polar surface area (TPSA) is 111 Å². The summed E-state index contributed by atoms with van der Waals surface area (Å²) in [5.41, 5.74) is 2.37. The number of aliphatic hydroxyl groups is 1. The van der Waals surface area contributed by atoms with Crippen molar-refractivity contribution < 1.29 is 33.0 Å². The van der Waals surface area contributed by atoms with Gasteiger partial charge in [-0.15, -0.1) is 0 Å². The molecule has 3 aromatic carbocycles. The van der Waals surface area contributed by atoms with E-state index in [1.165, 1.54) is 11.0 Å². The highest BCUT2D eigenvalue weighted by molar-refractivity contribution is 6.00. The lowest BCUT2D eigenvalue weighted by molar-refractivity contribution is 0.0755. The van der Waals surface area contributed by atoms with E-state index in [4.69, 9.17) is 4.74 Å². The lowest BCUT2D eigenvalue weighted by Crippen LogP contribution is -2.48. The van der Waals surface area contributed by atoms with E-state index in [1.54, 1.807) is 56.3 Å². The van der Waals surface area contributed by atoms with E-state index in [9.17, 15) is 28.3 Å². The monoisotopic (exact) mass is 638 g/mol. The van der Waals surface area contributed by atoms with Gasteiger partial charge in [0.1, 0.15) is 17.4 Å². The second-order valence-electron chi connectivity index (χ2n) is 11.5. The first-order chi connectivity index (χ1) is 21.9. The van der Waals surface area contributed by atoms with Crippen LogP contribution in [0.15, 0.2) is 60.7 Å². The molecule has 46 heavy (non-hydrogen) atoms. The average Bonchev–Trinajstić information content (AvgIpc) is 2.99. The zero-order valence-electron chi connectivity index (χ0n) is 27.1. The Morgan fingerprint density at radius 3 is 2.17 bits per heavy atom. The first-order valence-electron chi connectivity index (χ1n) is 15.4. The maximum Gasteiger partial charge on any atom is 0.414 e. The molecule has 11 heteroatoms. The van der Waals surface area contributed by atoms with Crippen LogP contribution in [0.4, 0.5) is 13.6 Å². The number of amides is 3. The SMILES string of the molecule is CCCN(CCC)C(=O)c1cc(C)cc(C(=O)N[C@@H](Cc2cc(F)cc(F)c2)[C@H](O)CNCc2cccc(OC(=O)N(C)C)c2)c1.